The molecule has 0 aromatic heterocycles. The minimum atomic E-state index is -1.06. The zero-order chi connectivity index (χ0) is 14.7. The molecule has 3 nitrogen and oxygen atoms in total. The van der Waals surface area contributed by atoms with Crippen molar-refractivity contribution >= 4 is 11.6 Å². The number of nitrogen functional groups attached to an aromatic ring is 1. The van der Waals surface area contributed by atoms with Crippen LogP contribution in [0.3, 0.4) is 0 Å². The molecule has 0 spiro atoms. The van der Waals surface area contributed by atoms with Gasteiger partial charge in [0.25, 0.3) is 5.91 Å². The van der Waals surface area contributed by atoms with Crippen LogP contribution in [0.2, 0.25) is 0 Å². The van der Waals surface area contributed by atoms with Crippen molar-refractivity contribution in [2.24, 2.45) is 5.92 Å². The summed E-state index contributed by atoms with van der Waals surface area (Å²) in [5.74, 6) is -2.07. The monoisotopic (exact) mass is 282 g/mol. The minimum Gasteiger partial charge on any atom is -0.398 e. The number of carbonyl (C=O) groups excluding carboxylic acids is 1. The molecule has 20 heavy (non-hydrogen) atoms. The summed E-state index contributed by atoms with van der Waals surface area (Å²) in [6.45, 7) is 2.10. The fraction of sp³-hybridized carbons (Fsp3) is 0.533. The maximum absolute atomic E-state index is 13.2. The van der Waals surface area contributed by atoms with Crippen molar-refractivity contribution < 1.29 is 13.6 Å². The second-order valence-electron chi connectivity index (χ2n) is 5.39. The summed E-state index contributed by atoms with van der Waals surface area (Å²) in [5.41, 5.74) is 5.56. The van der Waals surface area contributed by atoms with Crippen molar-refractivity contribution in [3.8, 4) is 0 Å². The lowest BCUT2D eigenvalue weighted by atomic mass is 9.83. The smallest absolute Gasteiger partial charge is 0.253 e. The topological polar surface area (TPSA) is 55.1 Å². The molecular formula is C15H20F2N2O. The van der Waals surface area contributed by atoms with Crippen LogP contribution in [0.1, 0.15) is 49.4 Å². The number of carbonyl (C=O) groups is 1. The van der Waals surface area contributed by atoms with Crippen molar-refractivity contribution in [3.05, 3.63) is 29.3 Å². The van der Waals surface area contributed by atoms with Crippen LogP contribution in [0.15, 0.2) is 12.1 Å². The summed E-state index contributed by atoms with van der Waals surface area (Å²) >= 11 is 0. The first-order chi connectivity index (χ1) is 9.52. The zero-order valence-corrected chi connectivity index (χ0v) is 11.6. The van der Waals surface area contributed by atoms with Gasteiger partial charge in [0.15, 0.2) is 11.6 Å². The number of rotatable bonds is 3. The van der Waals surface area contributed by atoms with Crippen molar-refractivity contribution in [1.82, 2.24) is 5.32 Å². The molecule has 1 aliphatic rings. The molecule has 0 bridgehead atoms. The third-order valence-corrected chi connectivity index (χ3v) is 4.09. The van der Waals surface area contributed by atoms with Crippen LogP contribution in [0.25, 0.3) is 0 Å². The third-order valence-electron chi connectivity index (χ3n) is 4.09. The van der Waals surface area contributed by atoms with Gasteiger partial charge in [-0.3, -0.25) is 4.79 Å². The Morgan fingerprint density at radius 3 is 2.65 bits per heavy atom. The van der Waals surface area contributed by atoms with Crippen LogP contribution in [0.5, 0.6) is 0 Å². The average Bonchev–Trinajstić information content (AvgIpc) is 2.43. The molecular weight excluding hydrogens is 262 g/mol. The van der Waals surface area contributed by atoms with Crippen LogP contribution in [-0.2, 0) is 0 Å². The molecule has 5 heteroatoms. The molecule has 1 saturated carbocycles. The van der Waals surface area contributed by atoms with E-state index in [9.17, 15) is 13.6 Å². The Labute approximate surface area is 117 Å². The molecule has 0 aliphatic heterocycles. The van der Waals surface area contributed by atoms with E-state index in [1.54, 1.807) is 0 Å². The Morgan fingerprint density at radius 2 is 1.95 bits per heavy atom. The van der Waals surface area contributed by atoms with E-state index in [0.717, 1.165) is 37.8 Å². The number of hydrogen-bond donors (Lipinski definition) is 2. The molecule has 1 fully saturated rings. The van der Waals surface area contributed by atoms with E-state index in [2.05, 4.69) is 12.2 Å². The van der Waals surface area contributed by atoms with E-state index in [4.69, 9.17) is 5.73 Å². The van der Waals surface area contributed by atoms with Gasteiger partial charge in [0, 0.05) is 17.8 Å². The van der Waals surface area contributed by atoms with Gasteiger partial charge in [-0.15, -0.1) is 0 Å². The molecule has 2 unspecified atom stereocenters. The summed E-state index contributed by atoms with van der Waals surface area (Å²) in [7, 11) is 0. The number of hydrogen-bond acceptors (Lipinski definition) is 2. The van der Waals surface area contributed by atoms with Crippen LogP contribution < -0.4 is 11.1 Å². The van der Waals surface area contributed by atoms with Gasteiger partial charge >= 0.3 is 0 Å². The summed E-state index contributed by atoms with van der Waals surface area (Å²) in [4.78, 5) is 12.2. The first kappa shape index (κ1) is 14.8. The van der Waals surface area contributed by atoms with E-state index >= 15 is 0 Å². The van der Waals surface area contributed by atoms with E-state index in [0.29, 0.717) is 5.92 Å². The normalized spacial score (nSPS) is 22.6. The quantitative estimate of drug-likeness (QED) is 0.836. The molecule has 1 aliphatic carbocycles. The molecule has 2 rings (SSSR count). The number of benzene rings is 1. The van der Waals surface area contributed by atoms with Gasteiger partial charge < -0.3 is 11.1 Å². The second-order valence-corrected chi connectivity index (χ2v) is 5.39. The van der Waals surface area contributed by atoms with E-state index < -0.39 is 17.5 Å². The van der Waals surface area contributed by atoms with Crippen molar-refractivity contribution in [3.63, 3.8) is 0 Å². The maximum atomic E-state index is 13.2. The van der Waals surface area contributed by atoms with Crippen molar-refractivity contribution in [2.45, 2.75) is 45.1 Å². The summed E-state index contributed by atoms with van der Waals surface area (Å²) in [6.07, 6.45) is 5.27. The lowest BCUT2D eigenvalue weighted by Gasteiger charge is -2.31. The van der Waals surface area contributed by atoms with Gasteiger partial charge in [0.05, 0.1) is 5.56 Å². The van der Waals surface area contributed by atoms with E-state index in [-0.39, 0.29) is 17.3 Å². The summed E-state index contributed by atoms with van der Waals surface area (Å²) < 4.78 is 26.2. The Hall–Kier alpha value is -1.65. The third kappa shape index (κ3) is 3.08. The van der Waals surface area contributed by atoms with Crippen LogP contribution in [0, 0.1) is 17.6 Å². The minimum absolute atomic E-state index is 0.00401. The summed E-state index contributed by atoms with van der Waals surface area (Å²) in [6, 6.07) is 1.81. The number of nitrogens with one attached hydrogen (secondary N) is 1. The standard InChI is InChI=1S/C15H20F2N2O/c1-2-9-5-3-4-6-14(9)19-15(20)10-7-11(16)12(17)8-13(10)18/h7-9,14H,2-6,18H2,1H3,(H,19,20). The Morgan fingerprint density at radius 1 is 1.30 bits per heavy atom. The Kier molecular flexibility index (Phi) is 4.57. The van der Waals surface area contributed by atoms with E-state index in [1.807, 2.05) is 0 Å². The van der Waals surface area contributed by atoms with Gasteiger partial charge in [-0.05, 0) is 24.8 Å². The maximum Gasteiger partial charge on any atom is 0.253 e. The van der Waals surface area contributed by atoms with Crippen LogP contribution in [0.4, 0.5) is 14.5 Å². The number of nitrogens with two attached hydrogens (primary N) is 1. The van der Waals surface area contributed by atoms with Gasteiger partial charge in [-0.25, -0.2) is 8.78 Å². The molecule has 0 heterocycles. The molecule has 1 amide bonds. The SMILES string of the molecule is CCC1CCCCC1NC(=O)c1cc(F)c(F)cc1N. The number of amides is 1. The zero-order valence-electron chi connectivity index (χ0n) is 11.6. The Bertz CT molecular complexity index is 505. The highest BCUT2D eigenvalue weighted by molar-refractivity contribution is 5.99. The molecule has 2 atom stereocenters. The first-order valence-electron chi connectivity index (χ1n) is 7.08. The Balaban J connectivity index is 2.13. The van der Waals surface area contributed by atoms with Gasteiger partial charge in [0.2, 0.25) is 0 Å². The lowest BCUT2D eigenvalue weighted by molar-refractivity contribution is 0.0905. The molecule has 3 N–H and O–H groups in total. The second kappa shape index (κ2) is 6.20. The van der Waals surface area contributed by atoms with Gasteiger partial charge in [0.1, 0.15) is 0 Å². The highest BCUT2D eigenvalue weighted by Crippen LogP contribution is 2.27. The largest absolute Gasteiger partial charge is 0.398 e. The number of anilines is 1. The van der Waals surface area contributed by atoms with Gasteiger partial charge in [-0.2, -0.15) is 0 Å². The fourth-order valence-electron chi connectivity index (χ4n) is 2.89. The predicted octanol–water partition coefficient (Wildman–Crippen LogP) is 3.25. The highest BCUT2D eigenvalue weighted by Gasteiger charge is 2.26. The lowest BCUT2D eigenvalue weighted by Crippen LogP contribution is -2.42. The average molecular weight is 282 g/mol. The molecule has 1 aromatic carbocycles. The number of halogens is 2. The predicted molar refractivity (Wildman–Crippen MR) is 74.3 cm³/mol. The molecule has 0 radical (unpaired) electrons. The van der Waals surface area contributed by atoms with E-state index in [1.165, 1.54) is 6.42 Å². The van der Waals surface area contributed by atoms with Crippen LogP contribution >= 0.6 is 0 Å². The first-order valence-corrected chi connectivity index (χ1v) is 7.08. The molecule has 1 aromatic rings. The highest BCUT2D eigenvalue weighted by atomic mass is 19.2. The fourth-order valence-corrected chi connectivity index (χ4v) is 2.89. The van der Waals surface area contributed by atoms with Crippen LogP contribution in [-0.4, -0.2) is 11.9 Å². The summed E-state index contributed by atoms with van der Waals surface area (Å²) in [5, 5.41) is 2.92. The van der Waals surface area contributed by atoms with Gasteiger partial charge in [-0.1, -0.05) is 26.2 Å². The van der Waals surface area contributed by atoms with Crippen molar-refractivity contribution in [1.29, 1.82) is 0 Å². The molecule has 110 valence electrons. The molecule has 0 saturated heterocycles. The van der Waals surface area contributed by atoms with Crippen molar-refractivity contribution in [2.75, 3.05) is 5.73 Å².